The van der Waals surface area contributed by atoms with Gasteiger partial charge >= 0.3 is 0 Å². The second-order valence-corrected chi connectivity index (χ2v) is 5.34. The first kappa shape index (κ1) is 17.8. The number of carbonyl (C=O) groups is 2. The van der Waals surface area contributed by atoms with Crippen molar-refractivity contribution < 1.29 is 9.59 Å². The third kappa shape index (κ3) is 5.21. The zero-order valence-electron chi connectivity index (χ0n) is 12.3. The van der Waals surface area contributed by atoms with Crippen LogP contribution in [0.15, 0.2) is 18.2 Å². The molecule has 2 amide bonds. The van der Waals surface area contributed by atoms with E-state index in [0.717, 1.165) is 0 Å². The summed E-state index contributed by atoms with van der Waals surface area (Å²) in [4.78, 5) is 25.6. The molecule has 116 valence electrons. The standard InChI is InChI=1S/C15H20Cl2N2O2/c1-3-19(4-2)13(20)9-6-10-18-15(21)14-11(16)7-5-8-12(14)17/h5,7-8H,3-4,6,9-10H2,1-2H3,(H,18,21). The third-order valence-electron chi connectivity index (χ3n) is 3.16. The van der Waals surface area contributed by atoms with Crippen LogP contribution in [0, 0.1) is 0 Å². The van der Waals surface area contributed by atoms with Gasteiger partial charge in [-0.2, -0.15) is 0 Å². The Morgan fingerprint density at radius 3 is 2.24 bits per heavy atom. The molecule has 1 rings (SSSR count). The van der Waals surface area contributed by atoms with Gasteiger partial charge in [0.25, 0.3) is 5.91 Å². The molecule has 0 atom stereocenters. The highest BCUT2D eigenvalue weighted by molar-refractivity contribution is 6.39. The molecule has 0 unspecified atom stereocenters. The van der Waals surface area contributed by atoms with Crippen molar-refractivity contribution in [2.75, 3.05) is 19.6 Å². The van der Waals surface area contributed by atoms with Crippen LogP contribution in [0.1, 0.15) is 37.0 Å². The zero-order valence-corrected chi connectivity index (χ0v) is 13.8. The second kappa shape index (κ2) is 8.90. The maximum absolute atomic E-state index is 12.0. The Morgan fingerprint density at radius 1 is 1.14 bits per heavy atom. The molecule has 1 N–H and O–H groups in total. The van der Waals surface area contributed by atoms with Gasteiger partial charge < -0.3 is 10.2 Å². The molecule has 0 aliphatic heterocycles. The van der Waals surface area contributed by atoms with Gasteiger partial charge in [0.2, 0.25) is 5.91 Å². The molecule has 0 heterocycles. The van der Waals surface area contributed by atoms with Gasteiger partial charge in [-0.3, -0.25) is 9.59 Å². The van der Waals surface area contributed by atoms with Crippen LogP contribution in [-0.4, -0.2) is 36.3 Å². The Hall–Kier alpha value is -1.26. The van der Waals surface area contributed by atoms with E-state index in [0.29, 0.717) is 42.5 Å². The highest BCUT2D eigenvalue weighted by Crippen LogP contribution is 2.23. The molecule has 0 bridgehead atoms. The predicted molar refractivity (Wildman–Crippen MR) is 86.0 cm³/mol. The molecule has 0 aliphatic rings. The number of benzene rings is 1. The Kier molecular flexibility index (Phi) is 7.54. The number of carbonyl (C=O) groups excluding carboxylic acids is 2. The molecule has 4 nitrogen and oxygen atoms in total. The average Bonchev–Trinajstić information content (AvgIpc) is 2.44. The monoisotopic (exact) mass is 330 g/mol. The highest BCUT2D eigenvalue weighted by Gasteiger charge is 2.14. The van der Waals surface area contributed by atoms with E-state index >= 15 is 0 Å². The summed E-state index contributed by atoms with van der Waals surface area (Å²) in [6.45, 7) is 5.71. The van der Waals surface area contributed by atoms with Gasteiger partial charge in [-0.25, -0.2) is 0 Å². The maximum atomic E-state index is 12.0. The Balaban J connectivity index is 2.43. The molecule has 6 heteroatoms. The fraction of sp³-hybridized carbons (Fsp3) is 0.467. The molecule has 0 radical (unpaired) electrons. The van der Waals surface area contributed by atoms with E-state index in [2.05, 4.69) is 5.32 Å². The molecule has 0 saturated carbocycles. The van der Waals surface area contributed by atoms with Crippen LogP contribution >= 0.6 is 23.2 Å². The van der Waals surface area contributed by atoms with E-state index in [-0.39, 0.29) is 17.4 Å². The fourth-order valence-electron chi connectivity index (χ4n) is 1.98. The van der Waals surface area contributed by atoms with Gasteiger partial charge in [0.05, 0.1) is 15.6 Å². The van der Waals surface area contributed by atoms with Crippen LogP contribution in [0.4, 0.5) is 0 Å². The average molecular weight is 331 g/mol. The van der Waals surface area contributed by atoms with Crippen molar-refractivity contribution in [3.63, 3.8) is 0 Å². The number of hydrogen-bond acceptors (Lipinski definition) is 2. The third-order valence-corrected chi connectivity index (χ3v) is 3.79. The van der Waals surface area contributed by atoms with Gasteiger partial charge in [-0.1, -0.05) is 29.3 Å². The molecule has 1 aromatic rings. The van der Waals surface area contributed by atoms with Gasteiger partial charge in [-0.05, 0) is 32.4 Å². The molecular formula is C15H20Cl2N2O2. The maximum Gasteiger partial charge on any atom is 0.254 e. The summed E-state index contributed by atoms with van der Waals surface area (Å²) in [5.41, 5.74) is 0.274. The number of amides is 2. The van der Waals surface area contributed by atoms with Gasteiger partial charge in [0, 0.05) is 26.1 Å². The lowest BCUT2D eigenvalue weighted by atomic mass is 10.2. The summed E-state index contributed by atoms with van der Waals surface area (Å²) < 4.78 is 0. The molecule has 0 fully saturated rings. The van der Waals surface area contributed by atoms with Crippen molar-refractivity contribution >= 4 is 35.0 Å². The normalized spacial score (nSPS) is 10.3. The molecule has 0 spiro atoms. The Bertz CT molecular complexity index is 482. The van der Waals surface area contributed by atoms with Crippen LogP contribution in [0.3, 0.4) is 0 Å². The van der Waals surface area contributed by atoms with E-state index in [9.17, 15) is 9.59 Å². The van der Waals surface area contributed by atoms with E-state index in [1.54, 1.807) is 23.1 Å². The summed E-state index contributed by atoms with van der Waals surface area (Å²) in [7, 11) is 0. The summed E-state index contributed by atoms with van der Waals surface area (Å²) in [5, 5.41) is 3.37. The van der Waals surface area contributed by atoms with Gasteiger partial charge in [0.1, 0.15) is 0 Å². The van der Waals surface area contributed by atoms with Crippen molar-refractivity contribution in [2.45, 2.75) is 26.7 Å². The molecule has 0 saturated heterocycles. The first-order chi connectivity index (χ1) is 10.0. The number of rotatable bonds is 7. The number of nitrogens with zero attached hydrogens (tertiary/aromatic N) is 1. The summed E-state index contributed by atoms with van der Waals surface area (Å²) in [5.74, 6) is -0.217. The summed E-state index contributed by atoms with van der Waals surface area (Å²) in [6.07, 6.45) is 1.00. The molecule has 0 aromatic heterocycles. The van der Waals surface area contributed by atoms with Crippen molar-refractivity contribution in [3.8, 4) is 0 Å². The zero-order chi connectivity index (χ0) is 15.8. The van der Waals surface area contributed by atoms with Gasteiger partial charge in [-0.15, -0.1) is 0 Å². The first-order valence-corrected chi connectivity index (χ1v) is 7.76. The van der Waals surface area contributed by atoms with E-state index in [4.69, 9.17) is 23.2 Å². The SMILES string of the molecule is CCN(CC)C(=O)CCCNC(=O)c1c(Cl)cccc1Cl. The quantitative estimate of drug-likeness (QED) is 0.779. The minimum absolute atomic E-state index is 0.102. The minimum atomic E-state index is -0.319. The predicted octanol–water partition coefficient (Wildman–Crippen LogP) is 3.37. The van der Waals surface area contributed by atoms with Crippen LogP contribution in [0.25, 0.3) is 0 Å². The number of halogens is 2. The highest BCUT2D eigenvalue weighted by atomic mass is 35.5. The van der Waals surface area contributed by atoms with Crippen LogP contribution in [0.2, 0.25) is 10.0 Å². The van der Waals surface area contributed by atoms with Crippen molar-refractivity contribution in [1.82, 2.24) is 10.2 Å². The first-order valence-electron chi connectivity index (χ1n) is 7.01. The Morgan fingerprint density at radius 2 is 1.71 bits per heavy atom. The molecule has 0 aliphatic carbocycles. The van der Waals surface area contributed by atoms with Gasteiger partial charge in [0.15, 0.2) is 0 Å². The van der Waals surface area contributed by atoms with E-state index in [1.807, 2.05) is 13.8 Å². The van der Waals surface area contributed by atoms with Crippen LogP contribution < -0.4 is 5.32 Å². The van der Waals surface area contributed by atoms with Crippen molar-refractivity contribution in [2.24, 2.45) is 0 Å². The minimum Gasteiger partial charge on any atom is -0.352 e. The second-order valence-electron chi connectivity index (χ2n) is 4.52. The topological polar surface area (TPSA) is 49.4 Å². The summed E-state index contributed by atoms with van der Waals surface area (Å²) >= 11 is 11.9. The number of nitrogens with one attached hydrogen (secondary N) is 1. The van der Waals surface area contributed by atoms with Crippen molar-refractivity contribution in [1.29, 1.82) is 0 Å². The largest absolute Gasteiger partial charge is 0.352 e. The fourth-order valence-corrected chi connectivity index (χ4v) is 2.55. The Labute approximate surface area is 135 Å². The summed E-state index contributed by atoms with van der Waals surface area (Å²) in [6, 6.07) is 4.92. The van der Waals surface area contributed by atoms with Crippen LogP contribution in [0.5, 0.6) is 0 Å². The van der Waals surface area contributed by atoms with Crippen LogP contribution in [-0.2, 0) is 4.79 Å². The molecule has 21 heavy (non-hydrogen) atoms. The lowest BCUT2D eigenvalue weighted by Gasteiger charge is -2.18. The smallest absolute Gasteiger partial charge is 0.254 e. The van der Waals surface area contributed by atoms with E-state index in [1.165, 1.54) is 0 Å². The molecular weight excluding hydrogens is 311 g/mol. The lowest BCUT2D eigenvalue weighted by molar-refractivity contribution is -0.130. The molecule has 1 aromatic carbocycles. The number of hydrogen-bond donors (Lipinski definition) is 1. The lowest BCUT2D eigenvalue weighted by Crippen LogP contribution is -2.31. The van der Waals surface area contributed by atoms with E-state index < -0.39 is 0 Å². The van der Waals surface area contributed by atoms with Crippen molar-refractivity contribution in [3.05, 3.63) is 33.8 Å².